The Bertz CT molecular complexity index is 1270. The molecule has 0 bridgehead atoms. The number of benzene rings is 2. The average Bonchev–Trinajstić information content (AvgIpc) is 3.36. The molecule has 0 aromatic heterocycles. The summed E-state index contributed by atoms with van der Waals surface area (Å²) in [4.78, 5) is 27.4. The van der Waals surface area contributed by atoms with Crippen molar-refractivity contribution in [1.29, 1.82) is 0 Å². The molecule has 1 unspecified atom stereocenters. The highest BCUT2D eigenvalue weighted by Gasteiger charge is 2.34. The Morgan fingerprint density at radius 3 is 2.51 bits per heavy atom. The Labute approximate surface area is 263 Å². The first-order chi connectivity index (χ1) is 21.5. The minimum absolute atomic E-state index is 0.0898. The smallest absolute Gasteiger partial charge is 0.389 e. The Morgan fingerprint density at radius 2 is 1.87 bits per heavy atom. The fraction of sp³-hybridized carbons (Fsp3) is 0.471. The molecule has 0 fully saturated rings. The number of nitrogens with zero attached hydrogens (tertiary/aromatic N) is 1. The highest BCUT2D eigenvalue weighted by Crippen LogP contribution is 2.42. The van der Waals surface area contributed by atoms with Crippen LogP contribution >= 0.6 is 0 Å². The van der Waals surface area contributed by atoms with Crippen LogP contribution in [0.15, 0.2) is 73.8 Å². The molecule has 0 saturated heterocycles. The van der Waals surface area contributed by atoms with Crippen molar-refractivity contribution < 1.29 is 37.3 Å². The van der Waals surface area contributed by atoms with Crippen molar-refractivity contribution in [2.45, 2.75) is 75.0 Å². The van der Waals surface area contributed by atoms with E-state index in [9.17, 15) is 27.9 Å². The van der Waals surface area contributed by atoms with E-state index in [1.165, 1.54) is 13.1 Å². The summed E-state index contributed by atoms with van der Waals surface area (Å²) < 4.78 is 49.2. The number of halogens is 3. The number of rotatable bonds is 18. The Kier molecular flexibility index (Phi) is 13.6. The van der Waals surface area contributed by atoms with E-state index in [1.54, 1.807) is 13.2 Å². The van der Waals surface area contributed by atoms with Crippen LogP contribution in [0.1, 0.15) is 60.9 Å². The van der Waals surface area contributed by atoms with Gasteiger partial charge in [-0.1, -0.05) is 48.6 Å². The van der Waals surface area contributed by atoms with Crippen molar-refractivity contribution >= 4 is 11.8 Å². The van der Waals surface area contributed by atoms with Crippen LogP contribution in [0, 0.1) is 0 Å². The summed E-state index contributed by atoms with van der Waals surface area (Å²) in [5.41, 5.74) is 2.90. The van der Waals surface area contributed by atoms with Gasteiger partial charge in [-0.25, -0.2) is 0 Å². The molecule has 8 nitrogen and oxygen atoms in total. The van der Waals surface area contributed by atoms with Gasteiger partial charge >= 0.3 is 6.18 Å². The second-order valence-electron chi connectivity index (χ2n) is 11.2. The van der Waals surface area contributed by atoms with Gasteiger partial charge in [0.2, 0.25) is 11.8 Å². The molecule has 5 atom stereocenters. The van der Waals surface area contributed by atoms with E-state index in [1.807, 2.05) is 48.5 Å². The number of aliphatic hydroxyl groups excluding tert-OH is 1. The lowest BCUT2D eigenvalue weighted by Crippen LogP contribution is -2.55. The number of amides is 2. The van der Waals surface area contributed by atoms with Crippen LogP contribution in [0.3, 0.4) is 0 Å². The largest absolute Gasteiger partial charge is 0.497 e. The summed E-state index contributed by atoms with van der Waals surface area (Å²) in [7, 11) is 2.99. The Hall–Kier alpha value is -3.67. The molecule has 2 aromatic rings. The van der Waals surface area contributed by atoms with E-state index in [0.717, 1.165) is 21.6 Å². The van der Waals surface area contributed by atoms with Crippen LogP contribution in [-0.4, -0.2) is 73.5 Å². The van der Waals surface area contributed by atoms with Gasteiger partial charge in [0.05, 0.1) is 32.0 Å². The Balaban J connectivity index is 1.74. The van der Waals surface area contributed by atoms with Crippen molar-refractivity contribution in [3.63, 3.8) is 0 Å². The van der Waals surface area contributed by atoms with Gasteiger partial charge in [0.1, 0.15) is 11.8 Å². The van der Waals surface area contributed by atoms with Crippen LogP contribution in [0.4, 0.5) is 13.2 Å². The van der Waals surface area contributed by atoms with E-state index < -0.39 is 42.6 Å². The third kappa shape index (κ3) is 10.7. The third-order valence-corrected chi connectivity index (χ3v) is 7.95. The molecule has 0 radical (unpaired) electrons. The van der Waals surface area contributed by atoms with E-state index in [4.69, 9.17) is 9.47 Å². The molecule has 0 aliphatic heterocycles. The summed E-state index contributed by atoms with van der Waals surface area (Å²) in [5.74, 6) is -0.410. The van der Waals surface area contributed by atoms with Crippen LogP contribution in [0.2, 0.25) is 0 Å². The van der Waals surface area contributed by atoms with Crippen LogP contribution in [0.25, 0.3) is 0 Å². The molecule has 1 aliphatic rings. The summed E-state index contributed by atoms with van der Waals surface area (Å²) in [6.45, 7) is 7.93. The number of likely N-dealkylation sites (N-methyl/N-ethyl adjacent to an activating group) is 1. The zero-order valence-electron chi connectivity index (χ0n) is 25.9. The second-order valence-corrected chi connectivity index (χ2v) is 11.2. The van der Waals surface area contributed by atoms with Gasteiger partial charge in [-0.15, -0.1) is 13.2 Å². The van der Waals surface area contributed by atoms with Gasteiger partial charge in [-0.2, -0.15) is 13.2 Å². The zero-order chi connectivity index (χ0) is 33.0. The molecule has 2 aromatic carbocycles. The predicted octanol–water partition coefficient (Wildman–Crippen LogP) is 5.20. The van der Waals surface area contributed by atoms with Gasteiger partial charge in [0.25, 0.3) is 0 Å². The van der Waals surface area contributed by atoms with E-state index in [2.05, 4.69) is 23.8 Å². The quantitative estimate of drug-likeness (QED) is 0.196. The first kappa shape index (κ1) is 35.8. The molecule has 3 rings (SSSR count). The number of carbonyl (C=O) groups excluding carboxylic acids is 2. The van der Waals surface area contributed by atoms with Gasteiger partial charge in [0.15, 0.2) is 0 Å². The van der Waals surface area contributed by atoms with Crippen molar-refractivity contribution in [3.8, 4) is 5.75 Å². The molecular formula is C34H44F3N3O5. The monoisotopic (exact) mass is 631 g/mol. The molecule has 45 heavy (non-hydrogen) atoms. The normalized spacial score (nSPS) is 17.9. The molecule has 246 valence electrons. The second kappa shape index (κ2) is 17.1. The molecule has 0 heterocycles. The third-order valence-electron chi connectivity index (χ3n) is 7.95. The maximum absolute atomic E-state index is 13.6. The number of ether oxygens (including phenoxy) is 2. The maximum atomic E-state index is 13.6. The lowest BCUT2D eigenvalue weighted by atomic mass is 9.99. The highest BCUT2D eigenvalue weighted by molar-refractivity contribution is 5.88. The van der Waals surface area contributed by atoms with E-state index in [-0.39, 0.29) is 38.0 Å². The van der Waals surface area contributed by atoms with E-state index >= 15 is 0 Å². The van der Waals surface area contributed by atoms with E-state index in [0.29, 0.717) is 25.2 Å². The lowest BCUT2D eigenvalue weighted by Gasteiger charge is -2.31. The number of fused-ring (bicyclic) bond motifs is 1. The zero-order valence-corrected chi connectivity index (χ0v) is 25.9. The molecule has 0 saturated carbocycles. The van der Waals surface area contributed by atoms with Gasteiger partial charge in [0, 0.05) is 32.5 Å². The van der Waals surface area contributed by atoms with Crippen molar-refractivity contribution in [2.24, 2.45) is 0 Å². The SMILES string of the molecule is C=CCO[C@@H]1C[C@H](NC[C@@H](O)[C@H](Cc2ccccc2)NC(=O)C(CC=C)N(C)C(=O)CCCC(F)(F)F)c2cc(OC)ccc21. The number of aliphatic hydroxyl groups is 1. The molecular weight excluding hydrogens is 587 g/mol. The average molecular weight is 632 g/mol. The van der Waals surface area contributed by atoms with Gasteiger partial charge < -0.3 is 30.1 Å². The number of hydrogen-bond donors (Lipinski definition) is 3. The highest BCUT2D eigenvalue weighted by atomic mass is 19.4. The summed E-state index contributed by atoms with van der Waals surface area (Å²) in [5, 5.41) is 17.8. The number of methoxy groups -OCH3 is 1. The minimum Gasteiger partial charge on any atom is -0.497 e. The van der Waals surface area contributed by atoms with Crippen LogP contribution in [0.5, 0.6) is 5.75 Å². The topological polar surface area (TPSA) is 100 Å². The lowest BCUT2D eigenvalue weighted by molar-refractivity contribution is -0.143. The van der Waals surface area contributed by atoms with Gasteiger partial charge in [-0.3, -0.25) is 9.59 Å². The van der Waals surface area contributed by atoms with Crippen molar-refractivity contribution in [1.82, 2.24) is 15.5 Å². The van der Waals surface area contributed by atoms with Crippen LogP contribution < -0.4 is 15.4 Å². The Morgan fingerprint density at radius 1 is 1.13 bits per heavy atom. The number of hydrogen-bond acceptors (Lipinski definition) is 6. The fourth-order valence-corrected chi connectivity index (χ4v) is 5.50. The molecule has 0 spiro atoms. The maximum Gasteiger partial charge on any atom is 0.389 e. The van der Waals surface area contributed by atoms with Crippen molar-refractivity contribution in [3.05, 3.63) is 90.5 Å². The molecule has 1 aliphatic carbocycles. The molecule has 3 N–H and O–H groups in total. The van der Waals surface area contributed by atoms with Crippen molar-refractivity contribution in [2.75, 3.05) is 27.3 Å². The first-order valence-electron chi connectivity index (χ1n) is 15.1. The first-order valence-corrected chi connectivity index (χ1v) is 15.1. The summed E-state index contributed by atoms with van der Waals surface area (Å²) >= 11 is 0. The standard InChI is InChI=1S/C34H44F3N3O5/c1-5-11-29(40(3)32(42)14-10-17-34(35,36)37)33(43)39-28(19-23-12-8-7-9-13-23)30(41)22-38-27-21-31(45-18-6-2)25-16-15-24(44-4)20-26(25)27/h5-9,12-13,15-16,20,27-31,38,41H,1-2,10-11,14,17-19,21-22H2,3-4H3,(H,39,43)/t27-,28-,29?,30+,31+/m0/s1. The van der Waals surface area contributed by atoms with Gasteiger partial charge in [-0.05, 0) is 54.5 Å². The molecule has 2 amide bonds. The number of nitrogens with one attached hydrogen (secondary N) is 2. The summed E-state index contributed by atoms with van der Waals surface area (Å²) in [6.07, 6.45) is -3.17. The predicted molar refractivity (Wildman–Crippen MR) is 167 cm³/mol. The molecule has 11 heteroatoms. The van der Waals surface area contributed by atoms with Crippen LogP contribution in [-0.2, 0) is 20.7 Å². The number of carbonyl (C=O) groups is 2. The summed E-state index contributed by atoms with van der Waals surface area (Å²) in [6, 6.07) is 13.3. The fourth-order valence-electron chi connectivity index (χ4n) is 5.50. The number of alkyl halides is 3. The minimum atomic E-state index is -4.36.